The summed E-state index contributed by atoms with van der Waals surface area (Å²) in [6.07, 6.45) is 5.12. The molecule has 1 aliphatic carbocycles. The molecule has 1 N–H and O–H groups in total. The van der Waals surface area contributed by atoms with E-state index in [1.165, 1.54) is 19.3 Å². The van der Waals surface area contributed by atoms with Gasteiger partial charge in [-0.3, -0.25) is 4.79 Å². The van der Waals surface area contributed by atoms with Crippen LogP contribution in [-0.2, 0) is 11.3 Å². The number of rotatable bonds is 8. The predicted molar refractivity (Wildman–Crippen MR) is 104 cm³/mol. The van der Waals surface area contributed by atoms with Crippen LogP contribution in [0, 0.1) is 17.2 Å². The molecular weight excluding hydrogens is 356 g/mol. The molecule has 148 valence electrons. The number of hydrogen-bond donors (Lipinski definition) is 1. The molecule has 1 heterocycles. The minimum absolute atomic E-state index is 0.147. The molecule has 2 unspecified atom stereocenters. The first-order valence-electron chi connectivity index (χ1n) is 9.78. The molecule has 0 bridgehead atoms. The summed E-state index contributed by atoms with van der Waals surface area (Å²) in [7, 11) is 0. The van der Waals surface area contributed by atoms with Gasteiger partial charge in [0.05, 0.1) is 18.3 Å². The maximum absolute atomic E-state index is 12.2. The van der Waals surface area contributed by atoms with Crippen molar-refractivity contribution in [1.82, 2.24) is 5.32 Å². The third-order valence-corrected chi connectivity index (χ3v) is 5.02. The van der Waals surface area contributed by atoms with E-state index in [0.717, 1.165) is 6.42 Å². The molecule has 1 saturated carbocycles. The van der Waals surface area contributed by atoms with Crippen LogP contribution in [0.15, 0.2) is 40.8 Å². The second-order valence-corrected chi connectivity index (χ2v) is 7.09. The molecule has 1 aromatic carbocycles. The fraction of sp³-hybridized carbons (Fsp3) is 0.455. The van der Waals surface area contributed by atoms with E-state index in [0.29, 0.717) is 42.2 Å². The van der Waals surface area contributed by atoms with Crippen molar-refractivity contribution in [2.24, 2.45) is 5.92 Å². The van der Waals surface area contributed by atoms with Gasteiger partial charge in [-0.1, -0.05) is 31.9 Å². The molecule has 1 fully saturated rings. The van der Waals surface area contributed by atoms with Gasteiger partial charge in [-0.05, 0) is 43.0 Å². The molecule has 0 aliphatic heterocycles. The van der Waals surface area contributed by atoms with Crippen molar-refractivity contribution in [2.45, 2.75) is 45.3 Å². The zero-order chi connectivity index (χ0) is 19.8. The highest BCUT2D eigenvalue weighted by Crippen LogP contribution is 2.26. The first-order chi connectivity index (χ1) is 13.7. The molecule has 28 heavy (non-hydrogen) atoms. The van der Waals surface area contributed by atoms with E-state index >= 15 is 0 Å². The summed E-state index contributed by atoms with van der Waals surface area (Å²) in [5.41, 5.74) is 0.458. The van der Waals surface area contributed by atoms with Gasteiger partial charge in [-0.2, -0.15) is 5.26 Å². The van der Waals surface area contributed by atoms with Crippen molar-refractivity contribution < 1.29 is 18.7 Å². The fourth-order valence-electron chi connectivity index (χ4n) is 3.40. The average Bonchev–Trinajstić information content (AvgIpc) is 3.20. The Balaban J connectivity index is 1.42. The van der Waals surface area contributed by atoms with E-state index in [-0.39, 0.29) is 18.3 Å². The van der Waals surface area contributed by atoms with E-state index in [9.17, 15) is 4.79 Å². The van der Waals surface area contributed by atoms with E-state index < -0.39 is 0 Å². The van der Waals surface area contributed by atoms with Crippen molar-refractivity contribution >= 4 is 5.91 Å². The van der Waals surface area contributed by atoms with Crippen LogP contribution in [0.5, 0.6) is 5.75 Å². The third-order valence-electron chi connectivity index (χ3n) is 5.02. The number of ether oxygens (including phenoxy) is 2. The monoisotopic (exact) mass is 382 g/mol. The molecule has 1 aliphatic rings. The number of nitrogens with one attached hydrogen (secondary N) is 1. The average molecular weight is 382 g/mol. The van der Waals surface area contributed by atoms with E-state index in [4.69, 9.17) is 19.2 Å². The number of carbonyl (C=O) groups excluding carboxylic acids is 1. The number of para-hydroxylation sites is 1. The molecule has 1 aromatic heterocycles. The topological polar surface area (TPSA) is 84.5 Å². The number of benzene rings is 1. The Morgan fingerprint density at radius 2 is 2.07 bits per heavy atom. The summed E-state index contributed by atoms with van der Waals surface area (Å²) >= 11 is 0. The van der Waals surface area contributed by atoms with Crippen LogP contribution in [0.4, 0.5) is 0 Å². The van der Waals surface area contributed by atoms with Crippen molar-refractivity contribution in [2.75, 3.05) is 13.2 Å². The number of carbonyl (C=O) groups is 1. The highest BCUT2D eigenvalue weighted by molar-refractivity contribution is 5.91. The molecular formula is C22H26N2O4. The highest BCUT2D eigenvalue weighted by Gasteiger charge is 2.21. The minimum Gasteiger partial charge on any atom is -0.484 e. The summed E-state index contributed by atoms with van der Waals surface area (Å²) in [4.78, 5) is 12.2. The summed E-state index contributed by atoms with van der Waals surface area (Å²) < 4.78 is 17.1. The van der Waals surface area contributed by atoms with Crippen LogP contribution in [0.1, 0.15) is 54.5 Å². The SMILES string of the molecule is CC1CCCCC1OCCNC(=O)c1ccc(COc2ccccc2C#N)o1. The number of nitrogens with zero attached hydrogens (tertiary/aromatic N) is 1. The maximum Gasteiger partial charge on any atom is 0.287 e. The molecule has 3 rings (SSSR count). The molecule has 2 aromatic rings. The van der Waals surface area contributed by atoms with E-state index in [2.05, 4.69) is 18.3 Å². The normalized spacial score (nSPS) is 19.0. The second-order valence-electron chi connectivity index (χ2n) is 7.09. The second kappa shape index (κ2) is 9.95. The number of hydrogen-bond acceptors (Lipinski definition) is 5. The zero-order valence-corrected chi connectivity index (χ0v) is 16.1. The number of nitriles is 1. The first kappa shape index (κ1) is 20.0. The number of amides is 1. The van der Waals surface area contributed by atoms with Crippen molar-refractivity contribution in [3.63, 3.8) is 0 Å². The zero-order valence-electron chi connectivity index (χ0n) is 16.1. The molecule has 0 radical (unpaired) electrons. The van der Waals surface area contributed by atoms with Crippen LogP contribution < -0.4 is 10.1 Å². The lowest BCUT2D eigenvalue weighted by Crippen LogP contribution is -2.31. The van der Waals surface area contributed by atoms with Gasteiger partial charge in [0.1, 0.15) is 24.2 Å². The maximum atomic E-state index is 12.2. The Labute approximate surface area is 165 Å². The van der Waals surface area contributed by atoms with Gasteiger partial charge in [0.25, 0.3) is 5.91 Å². The summed E-state index contributed by atoms with van der Waals surface area (Å²) in [5, 5.41) is 11.9. The molecule has 6 heteroatoms. The van der Waals surface area contributed by atoms with Gasteiger partial charge in [0.15, 0.2) is 5.76 Å². The molecule has 1 amide bonds. The third kappa shape index (κ3) is 5.37. The van der Waals surface area contributed by atoms with Gasteiger partial charge < -0.3 is 19.2 Å². The van der Waals surface area contributed by atoms with E-state index in [1.807, 2.05) is 0 Å². The lowest BCUT2D eigenvalue weighted by atomic mass is 9.88. The van der Waals surface area contributed by atoms with Gasteiger partial charge in [-0.25, -0.2) is 0 Å². The van der Waals surface area contributed by atoms with E-state index in [1.54, 1.807) is 36.4 Å². The van der Waals surface area contributed by atoms with Gasteiger partial charge in [0, 0.05) is 6.54 Å². The van der Waals surface area contributed by atoms with Crippen molar-refractivity contribution in [1.29, 1.82) is 5.26 Å². The Morgan fingerprint density at radius 1 is 1.25 bits per heavy atom. The van der Waals surface area contributed by atoms with Gasteiger partial charge >= 0.3 is 0 Å². The molecule has 2 atom stereocenters. The van der Waals surface area contributed by atoms with Crippen LogP contribution in [-0.4, -0.2) is 25.2 Å². The lowest BCUT2D eigenvalue weighted by Gasteiger charge is -2.28. The highest BCUT2D eigenvalue weighted by atomic mass is 16.5. The van der Waals surface area contributed by atoms with Gasteiger partial charge in [-0.15, -0.1) is 0 Å². The Morgan fingerprint density at radius 3 is 2.89 bits per heavy atom. The Kier molecular flexibility index (Phi) is 7.10. The molecule has 6 nitrogen and oxygen atoms in total. The quantitative estimate of drug-likeness (QED) is 0.696. The fourth-order valence-corrected chi connectivity index (χ4v) is 3.40. The Hall–Kier alpha value is -2.78. The summed E-state index contributed by atoms with van der Waals surface area (Å²) in [6, 6.07) is 12.4. The molecule has 0 spiro atoms. The van der Waals surface area contributed by atoms with Crippen LogP contribution in [0.3, 0.4) is 0 Å². The first-order valence-corrected chi connectivity index (χ1v) is 9.78. The standard InChI is InChI=1S/C22H26N2O4/c1-16-6-2-4-8-19(16)26-13-12-24-22(25)21-11-10-18(28-21)15-27-20-9-5-3-7-17(20)14-23/h3,5,7,9-11,16,19H,2,4,6,8,12-13,15H2,1H3,(H,24,25). The number of furan rings is 1. The summed E-state index contributed by atoms with van der Waals surface area (Å²) in [5.74, 6) is 1.55. The van der Waals surface area contributed by atoms with Crippen LogP contribution in [0.25, 0.3) is 0 Å². The lowest BCUT2D eigenvalue weighted by molar-refractivity contribution is -0.00300. The van der Waals surface area contributed by atoms with Crippen molar-refractivity contribution in [3.05, 3.63) is 53.5 Å². The summed E-state index contributed by atoms with van der Waals surface area (Å²) in [6.45, 7) is 3.32. The van der Waals surface area contributed by atoms with Gasteiger partial charge in [0.2, 0.25) is 0 Å². The largest absolute Gasteiger partial charge is 0.484 e. The minimum atomic E-state index is -0.274. The van der Waals surface area contributed by atoms with Crippen LogP contribution in [0.2, 0.25) is 0 Å². The van der Waals surface area contributed by atoms with Crippen molar-refractivity contribution in [3.8, 4) is 11.8 Å². The Bertz CT molecular complexity index is 824. The predicted octanol–water partition coefficient (Wildman–Crippen LogP) is 4.06. The smallest absolute Gasteiger partial charge is 0.287 e. The van der Waals surface area contributed by atoms with Crippen LogP contribution >= 0.6 is 0 Å². The molecule has 0 saturated heterocycles.